The molecule has 5 heteroatoms. The molecule has 1 aromatic carbocycles. The summed E-state index contributed by atoms with van der Waals surface area (Å²) in [4.78, 5) is 20.5. The maximum absolute atomic E-state index is 12.3. The van der Waals surface area contributed by atoms with E-state index in [4.69, 9.17) is 4.74 Å². The second-order valence-corrected chi connectivity index (χ2v) is 5.63. The number of hydrogen-bond donors (Lipinski definition) is 0. The van der Waals surface area contributed by atoms with Crippen LogP contribution in [0.5, 0.6) is 5.75 Å². The molecule has 0 spiro atoms. The Morgan fingerprint density at radius 1 is 1.12 bits per heavy atom. The second-order valence-electron chi connectivity index (χ2n) is 5.63. The predicted molar refractivity (Wildman–Crippen MR) is 95.1 cm³/mol. The maximum Gasteiger partial charge on any atom is 0.246 e. The van der Waals surface area contributed by atoms with Crippen LogP contribution < -0.4 is 9.64 Å². The van der Waals surface area contributed by atoms with Gasteiger partial charge in [0, 0.05) is 50.3 Å². The Hall–Kier alpha value is -2.82. The molecule has 24 heavy (non-hydrogen) atoms. The molecule has 124 valence electrons. The molecule has 0 aliphatic carbocycles. The van der Waals surface area contributed by atoms with Crippen molar-refractivity contribution in [1.29, 1.82) is 0 Å². The van der Waals surface area contributed by atoms with Crippen molar-refractivity contribution in [2.45, 2.75) is 0 Å². The van der Waals surface area contributed by atoms with Crippen molar-refractivity contribution in [3.63, 3.8) is 0 Å². The number of pyridine rings is 1. The van der Waals surface area contributed by atoms with E-state index in [-0.39, 0.29) is 5.91 Å². The van der Waals surface area contributed by atoms with E-state index < -0.39 is 0 Å². The first kappa shape index (κ1) is 16.1. The molecule has 0 N–H and O–H groups in total. The van der Waals surface area contributed by atoms with E-state index >= 15 is 0 Å². The van der Waals surface area contributed by atoms with Crippen molar-refractivity contribution in [3.8, 4) is 5.75 Å². The molecule has 0 unspecified atom stereocenters. The number of hydrogen-bond acceptors (Lipinski definition) is 4. The minimum atomic E-state index is 0.0483. The van der Waals surface area contributed by atoms with Gasteiger partial charge in [-0.2, -0.15) is 0 Å². The van der Waals surface area contributed by atoms with Crippen molar-refractivity contribution in [2.75, 3.05) is 38.2 Å². The number of amides is 1. The van der Waals surface area contributed by atoms with E-state index in [1.807, 2.05) is 47.4 Å². The van der Waals surface area contributed by atoms with Crippen molar-refractivity contribution in [1.82, 2.24) is 9.88 Å². The largest absolute Gasteiger partial charge is 0.497 e. The number of anilines is 1. The maximum atomic E-state index is 12.3. The third-order valence-electron chi connectivity index (χ3n) is 4.13. The zero-order valence-corrected chi connectivity index (χ0v) is 13.8. The fraction of sp³-hybridized carbons (Fsp3) is 0.263. The van der Waals surface area contributed by atoms with E-state index in [9.17, 15) is 4.79 Å². The van der Waals surface area contributed by atoms with Crippen molar-refractivity contribution < 1.29 is 9.53 Å². The Kier molecular flexibility index (Phi) is 5.11. The molecular weight excluding hydrogens is 302 g/mol. The van der Waals surface area contributed by atoms with Gasteiger partial charge in [-0.3, -0.25) is 9.78 Å². The zero-order chi connectivity index (χ0) is 16.8. The van der Waals surface area contributed by atoms with Gasteiger partial charge in [0.15, 0.2) is 0 Å². The molecule has 3 rings (SSSR count). The third kappa shape index (κ3) is 3.93. The van der Waals surface area contributed by atoms with Crippen molar-refractivity contribution in [3.05, 3.63) is 60.4 Å². The molecule has 2 heterocycles. The summed E-state index contributed by atoms with van der Waals surface area (Å²) in [6.45, 7) is 3.12. The monoisotopic (exact) mass is 323 g/mol. The number of rotatable bonds is 4. The Labute approximate surface area is 142 Å². The van der Waals surface area contributed by atoms with Crippen LogP contribution in [0.4, 0.5) is 5.69 Å². The van der Waals surface area contributed by atoms with Gasteiger partial charge < -0.3 is 14.5 Å². The molecule has 5 nitrogen and oxygen atoms in total. The molecular formula is C19H21N3O2. The molecule has 0 bridgehead atoms. The molecule has 0 atom stereocenters. The van der Waals surface area contributed by atoms with Gasteiger partial charge in [0.1, 0.15) is 5.75 Å². The van der Waals surface area contributed by atoms with Crippen LogP contribution in [0.3, 0.4) is 0 Å². The molecule has 1 aliphatic heterocycles. The number of piperazine rings is 1. The van der Waals surface area contributed by atoms with Crippen LogP contribution in [0.1, 0.15) is 5.56 Å². The number of carbonyl (C=O) groups excluding carboxylic acids is 1. The van der Waals surface area contributed by atoms with Gasteiger partial charge in [0.25, 0.3) is 0 Å². The fourth-order valence-corrected chi connectivity index (χ4v) is 2.76. The summed E-state index contributed by atoms with van der Waals surface area (Å²) in [7, 11) is 1.64. The van der Waals surface area contributed by atoms with Crippen LogP contribution in [-0.4, -0.2) is 49.1 Å². The average Bonchev–Trinajstić information content (AvgIpc) is 2.67. The first-order valence-corrected chi connectivity index (χ1v) is 8.02. The number of nitrogens with zero attached hydrogens (tertiary/aromatic N) is 3. The fourth-order valence-electron chi connectivity index (χ4n) is 2.76. The first-order valence-electron chi connectivity index (χ1n) is 8.02. The SMILES string of the molecule is COc1cccc(/C=C/C(=O)N2CCN(c3ccncc3)CC2)c1. The van der Waals surface area contributed by atoms with E-state index in [0.717, 1.165) is 43.2 Å². The molecule has 1 aliphatic rings. The second kappa shape index (κ2) is 7.64. The van der Waals surface area contributed by atoms with Gasteiger partial charge in [-0.1, -0.05) is 12.1 Å². The quantitative estimate of drug-likeness (QED) is 0.811. The van der Waals surface area contributed by atoms with Crippen LogP contribution in [0, 0.1) is 0 Å². The molecule has 2 aromatic rings. The average molecular weight is 323 g/mol. The van der Waals surface area contributed by atoms with Gasteiger partial charge >= 0.3 is 0 Å². The zero-order valence-electron chi connectivity index (χ0n) is 13.8. The minimum absolute atomic E-state index is 0.0483. The van der Waals surface area contributed by atoms with Crippen LogP contribution in [0.25, 0.3) is 6.08 Å². The predicted octanol–water partition coefficient (Wildman–Crippen LogP) is 2.45. The van der Waals surface area contributed by atoms with Gasteiger partial charge in [0.05, 0.1) is 7.11 Å². The normalized spacial score (nSPS) is 14.9. The third-order valence-corrected chi connectivity index (χ3v) is 4.13. The topological polar surface area (TPSA) is 45.7 Å². The summed E-state index contributed by atoms with van der Waals surface area (Å²) >= 11 is 0. The van der Waals surface area contributed by atoms with Crippen LogP contribution in [0.2, 0.25) is 0 Å². The van der Waals surface area contributed by atoms with Crippen LogP contribution >= 0.6 is 0 Å². The number of carbonyl (C=O) groups is 1. The van der Waals surface area contributed by atoms with E-state index in [0.29, 0.717) is 0 Å². The molecule has 1 amide bonds. The van der Waals surface area contributed by atoms with Crippen molar-refractivity contribution in [2.24, 2.45) is 0 Å². The van der Waals surface area contributed by atoms with Gasteiger partial charge in [-0.05, 0) is 35.9 Å². The highest BCUT2D eigenvalue weighted by Crippen LogP contribution is 2.16. The number of benzene rings is 1. The van der Waals surface area contributed by atoms with E-state index in [1.54, 1.807) is 25.6 Å². The summed E-state index contributed by atoms with van der Waals surface area (Å²) in [6.07, 6.45) is 7.06. The Bertz CT molecular complexity index is 708. The lowest BCUT2D eigenvalue weighted by molar-refractivity contribution is -0.126. The lowest BCUT2D eigenvalue weighted by atomic mass is 10.2. The number of aromatic nitrogens is 1. The van der Waals surface area contributed by atoms with Gasteiger partial charge in [-0.15, -0.1) is 0 Å². The Morgan fingerprint density at radius 3 is 2.58 bits per heavy atom. The molecule has 1 saturated heterocycles. The summed E-state index contributed by atoms with van der Waals surface area (Å²) < 4.78 is 5.19. The summed E-state index contributed by atoms with van der Waals surface area (Å²) in [5, 5.41) is 0. The Balaban J connectivity index is 1.56. The Morgan fingerprint density at radius 2 is 1.88 bits per heavy atom. The van der Waals surface area contributed by atoms with E-state index in [1.165, 1.54) is 0 Å². The lowest BCUT2D eigenvalue weighted by Gasteiger charge is -2.35. The smallest absolute Gasteiger partial charge is 0.246 e. The highest BCUT2D eigenvalue weighted by molar-refractivity contribution is 5.92. The van der Waals surface area contributed by atoms with Gasteiger partial charge in [0.2, 0.25) is 5.91 Å². The van der Waals surface area contributed by atoms with Crippen LogP contribution in [-0.2, 0) is 4.79 Å². The minimum Gasteiger partial charge on any atom is -0.497 e. The summed E-state index contributed by atoms with van der Waals surface area (Å²) in [6, 6.07) is 11.7. The van der Waals surface area contributed by atoms with Crippen LogP contribution in [0.15, 0.2) is 54.9 Å². The molecule has 0 saturated carbocycles. The standard InChI is InChI=1S/C19H21N3O2/c1-24-18-4-2-3-16(15-18)5-6-19(23)22-13-11-21(12-14-22)17-7-9-20-10-8-17/h2-10,15H,11-14H2,1H3/b6-5+. The number of ether oxygens (including phenoxy) is 1. The van der Waals surface area contributed by atoms with E-state index in [2.05, 4.69) is 9.88 Å². The lowest BCUT2D eigenvalue weighted by Crippen LogP contribution is -2.48. The highest BCUT2D eigenvalue weighted by Gasteiger charge is 2.19. The molecule has 1 aromatic heterocycles. The van der Waals surface area contributed by atoms with Gasteiger partial charge in [-0.25, -0.2) is 0 Å². The molecule has 1 fully saturated rings. The molecule has 0 radical (unpaired) electrons. The number of methoxy groups -OCH3 is 1. The highest BCUT2D eigenvalue weighted by atomic mass is 16.5. The first-order chi connectivity index (χ1) is 11.8. The summed E-state index contributed by atoms with van der Waals surface area (Å²) in [5.74, 6) is 0.836. The van der Waals surface area contributed by atoms with Crippen molar-refractivity contribution >= 4 is 17.7 Å². The summed E-state index contributed by atoms with van der Waals surface area (Å²) in [5.41, 5.74) is 2.11.